The van der Waals surface area contributed by atoms with Gasteiger partial charge in [0.2, 0.25) is 10.0 Å². The Bertz CT molecular complexity index is 660. The number of nitrogens with one attached hydrogen (secondary N) is 1. The van der Waals surface area contributed by atoms with Crippen molar-refractivity contribution >= 4 is 10.0 Å². The summed E-state index contributed by atoms with van der Waals surface area (Å²) in [5.41, 5.74) is 2.68. The maximum absolute atomic E-state index is 11.8. The molecule has 1 unspecified atom stereocenters. The van der Waals surface area contributed by atoms with Crippen LogP contribution in [0.25, 0.3) is 0 Å². The van der Waals surface area contributed by atoms with E-state index in [4.69, 9.17) is 4.74 Å². The number of aryl methyl sites for hydroxylation is 1. The van der Waals surface area contributed by atoms with Gasteiger partial charge < -0.3 is 10.1 Å². The molecule has 1 aromatic carbocycles. The van der Waals surface area contributed by atoms with Gasteiger partial charge >= 0.3 is 0 Å². The molecular weight excluding hydrogens is 312 g/mol. The van der Waals surface area contributed by atoms with Crippen LogP contribution in [0.5, 0.6) is 5.75 Å². The molecule has 1 aliphatic heterocycles. The van der Waals surface area contributed by atoms with Crippen molar-refractivity contribution in [3.63, 3.8) is 0 Å². The number of rotatable bonds is 5. The zero-order valence-electron chi connectivity index (χ0n) is 13.9. The molecule has 0 saturated carbocycles. The maximum Gasteiger partial charge on any atom is 0.211 e. The van der Waals surface area contributed by atoms with Crippen molar-refractivity contribution in [2.24, 2.45) is 0 Å². The van der Waals surface area contributed by atoms with Gasteiger partial charge in [0.1, 0.15) is 5.75 Å². The smallest absolute Gasteiger partial charge is 0.211 e. The van der Waals surface area contributed by atoms with Gasteiger partial charge in [0.25, 0.3) is 0 Å². The molecule has 128 valence electrons. The highest BCUT2D eigenvalue weighted by Crippen LogP contribution is 2.32. The Hall–Kier alpha value is -1.11. The van der Waals surface area contributed by atoms with Crippen LogP contribution < -0.4 is 10.1 Å². The average Bonchev–Trinajstić information content (AvgIpc) is 3.01. The summed E-state index contributed by atoms with van der Waals surface area (Å²) in [7, 11) is -1.40. The van der Waals surface area contributed by atoms with Crippen LogP contribution in [0.4, 0.5) is 0 Å². The van der Waals surface area contributed by atoms with Gasteiger partial charge in [0.05, 0.1) is 13.4 Å². The second-order valence-corrected chi connectivity index (χ2v) is 8.52. The molecule has 0 aromatic heterocycles. The van der Waals surface area contributed by atoms with Crippen molar-refractivity contribution in [2.75, 3.05) is 26.5 Å². The van der Waals surface area contributed by atoms with Gasteiger partial charge in [0, 0.05) is 25.2 Å². The number of sulfonamides is 1. The normalized spacial score (nSPS) is 25.3. The highest BCUT2D eigenvalue weighted by molar-refractivity contribution is 7.88. The van der Waals surface area contributed by atoms with E-state index in [-0.39, 0.29) is 6.04 Å². The fraction of sp³-hybridized carbons (Fsp3) is 0.647. The van der Waals surface area contributed by atoms with Crippen molar-refractivity contribution in [3.05, 3.63) is 29.3 Å². The van der Waals surface area contributed by atoms with Crippen LogP contribution in [-0.4, -0.2) is 45.2 Å². The van der Waals surface area contributed by atoms with E-state index in [1.807, 2.05) is 6.07 Å². The average molecular weight is 338 g/mol. The summed E-state index contributed by atoms with van der Waals surface area (Å²) in [5.74, 6) is 0.906. The number of fused-ring (bicyclic) bond motifs is 1. The van der Waals surface area contributed by atoms with Gasteiger partial charge in [-0.15, -0.1) is 0 Å². The minimum Gasteiger partial charge on any atom is -0.497 e. The maximum atomic E-state index is 11.8. The number of hydrogen-bond donors (Lipinski definition) is 1. The predicted molar refractivity (Wildman–Crippen MR) is 91.2 cm³/mol. The Morgan fingerprint density at radius 1 is 1.30 bits per heavy atom. The first-order valence-electron chi connectivity index (χ1n) is 8.36. The topological polar surface area (TPSA) is 58.6 Å². The minimum atomic E-state index is -3.10. The molecule has 1 aromatic rings. The third kappa shape index (κ3) is 3.70. The van der Waals surface area contributed by atoms with Crippen LogP contribution in [-0.2, 0) is 16.4 Å². The molecule has 1 N–H and O–H groups in total. The summed E-state index contributed by atoms with van der Waals surface area (Å²) in [6.45, 7) is 1.38. The molecule has 0 bridgehead atoms. The zero-order valence-corrected chi connectivity index (χ0v) is 14.7. The van der Waals surface area contributed by atoms with Crippen molar-refractivity contribution < 1.29 is 13.2 Å². The first-order valence-corrected chi connectivity index (χ1v) is 10.2. The molecule has 0 amide bonds. The molecule has 1 fully saturated rings. The quantitative estimate of drug-likeness (QED) is 0.893. The van der Waals surface area contributed by atoms with E-state index in [0.29, 0.717) is 12.6 Å². The first kappa shape index (κ1) is 16.7. The van der Waals surface area contributed by atoms with E-state index in [2.05, 4.69) is 17.4 Å². The Balaban J connectivity index is 1.68. The number of benzene rings is 1. The molecular formula is C17H26N2O3S. The number of methoxy groups -OCH3 is 1. The summed E-state index contributed by atoms with van der Waals surface area (Å²) >= 11 is 0. The Kier molecular flexibility index (Phi) is 4.94. The van der Waals surface area contributed by atoms with E-state index in [9.17, 15) is 8.42 Å². The molecule has 6 heteroatoms. The monoisotopic (exact) mass is 338 g/mol. The first-order chi connectivity index (χ1) is 11.0. The lowest BCUT2D eigenvalue weighted by Crippen LogP contribution is -2.42. The molecule has 1 saturated heterocycles. The van der Waals surface area contributed by atoms with Gasteiger partial charge in [-0.1, -0.05) is 6.07 Å². The SMILES string of the molecule is COc1ccc2c(c1)CCCC2NC[C@H]1CCCN1S(C)(=O)=O. The highest BCUT2D eigenvalue weighted by atomic mass is 32.2. The zero-order chi connectivity index (χ0) is 16.4. The molecule has 2 atom stereocenters. The Morgan fingerprint density at radius 3 is 2.87 bits per heavy atom. The third-order valence-corrected chi connectivity index (χ3v) is 6.35. The van der Waals surface area contributed by atoms with Gasteiger partial charge in [-0.2, -0.15) is 4.31 Å². The summed E-state index contributed by atoms with van der Waals surface area (Å²) in [6, 6.07) is 6.69. The van der Waals surface area contributed by atoms with Gasteiger partial charge in [-0.3, -0.25) is 0 Å². The summed E-state index contributed by atoms with van der Waals surface area (Å²) in [4.78, 5) is 0. The molecule has 3 rings (SSSR count). The van der Waals surface area contributed by atoms with E-state index in [1.165, 1.54) is 17.4 Å². The number of ether oxygens (including phenoxy) is 1. The lowest BCUT2D eigenvalue weighted by atomic mass is 9.87. The van der Waals surface area contributed by atoms with Gasteiger partial charge in [-0.25, -0.2) is 8.42 Å². The van der Waals surface area contributed by atoms with Crippen molar-refractivity contribution in [2.45, 2.75) is 44.2 Å². The second-order valence-electron chi connectivity index (χ2n) is 6.59. The lowest BCUT2D eigenvalue weighted by molar-refractivity contribution is 0.347. The predicted octanol–water partition coefficient (Wildman–Crippen LogP) is 2.09. The molecule has 1 heterocycles. The minimum absolute atomic E-state index is 0.0913. The van der Waals surface area contributed by atoms with Crippen molar-refractivity contribution in [1.29, 1.82) is 0 Å². The lowest BCUT2D eigenvalue weighted by Gasteiger charge is -2.30. The highest BCUT2D eigenvalue weighted by Gasteiger charge is 2.32. The third-order valence-electron chi connectivity index (χ3n) is 5.01. The van der Waals surface area contributed by atoms with Gasteiger partial charge in [0.15, 0.2) is 0 Å². The number of nitrogens with zero attached hydrogens (tertiary/aromatic N) is 1. The van der Waals surface area contributed by atoms with Crippen LogP contribution in [0.1, 0.15) is 42.9 Å². The van der Waals surface area contributed by atoms with Gasteiger partial charge in [-0.05, 0) is 55.4 Å². The van der Waals surface area contributed by atoms with Crippen molar-refractivity contribution in [1.82, 2.24) is 9.62 Å². The standard InChI is InChI=1S/C17H26N2O3S/c1-22-15-8-9-16-13(11-15)5-3-7-17(16)18-12-14-6-4-10-19(14)23(2,20)21/h8-9,11,14,17-18H,3-7,10,12H2,1-2H3/t14-,17?/m1/s1. The summed E-state index contributed by atoms with van der Waals surface area (Å²) in [6.07, 6.45) is 6.56. The fourth-order valence-electron chi connectivity index (χ4n) is 3.86. The molecule has 0 spiro atoms. The van der Waals surface area contributed by atoms with E-state index in [1.54, 1.807) is 11.4 Å². The molecule has 1 aliphatic carbocycles. The van der Waals surface area contributed by atoms with Crippen LogP contribution in [0, 0.1) is 0 Å². The van der Waals surface area contributed by atoms with E-state index >= 15 is 0 Å². The number of hydrogen-bond acceptors (Lipinski definition) is 4. The summed E-state index contributed by atoms with van der Waals surface area (Å²) < 4.78 is 30.7. The molecule has 23 heavy (non-hydrogen) atoms. The van der Waals surface area contributed by atoms with Crippen LogP contribution in [0.15, 0.2) is 18.2 Å². The molecule has 0 radical (unpaired) electrons. The molecule has 2 aliphatic rings. The van der Waals surface area contributed by atoms with Crippen LogP contribution >= 0.6 is 0 Å². The molecule has 5 nitrogen and oxygen atoms in total. The second kappa shape index (κ2) is 6.79. The van der Waals surface area contributed by atoms with Crippen LogP contribution in [0.2, 0.25) is 0 Å². The Labute approximate surface area is 139 Å². The van der Waals surface area contributed by atoms with Crippen molar-refractivity contribution in [3.8, 4) is 5.75 Å². The Morgan fingerprint density at radius 2 is 2.13 bits per heavy atom. The summed E-state index contributed by atoms with van der Waals surface area (Å²) in [5, 5.41) is 3.61. The van der Waals surface area contributed by atoms with E-state index < -0.39 is 10.0 Å². The van der Waals surface area contributed by atoms with Crippen LogP contribution in [0.3, 0.4) is 0 Å². The largest absolute Gasteiger partial charge is 0.497 e. The fourth-order valence-corrected chi connectivity index (χ4v) is 5.04. The van der Waals surface area contributed by atoms with E-state index in [0.717, 1.165) is 44.4 Å².